The average molecular weight is 289 g/mol. The van der Waals surface area contributed by atoms with E-state index in [4.69, 9.17) is 9.57 Å². The van der Waals surface area contributed by atoms with Crippen molar-refractivity contribution in [2.45, 2.75) is 32.5 Å². The molecule has 1 aromatic rings. The lowest BCUT2D eigenvalue weighted by Gasteiger charge is -2.24. The van der Waals surface area contributed by atoms with E-state index in [0.717, 1.165) is 11.4 Å². The Hall–Kier alpha value is -2.11. The van der Waals surface area contributed by atoms with Gasteiger partial charge in [0, 0.05) is 12.7 Å². The number of oxime groups is 1. The summed E-state index contributed by atoms with van der Waals surface area (Å²) in [6.07, 6.45) is 1.32. The van der Waals surface area contributed by atoms with Gasteiger partial charge in [-0.15, -0.1) is 0 Å². The molecule has 6 nitrogen and oxygen atoms in total. The first-order valence-corrected chi connectivity index (χ1v) is 7.07. The van der Waals surface area contributed by atoms with Crippen molar-refractivity contribution >= 4 is 11.8 Å². The van der Waals surface area contributed by atoms with Crippen LogP contribution in [0.15, 0.2) is 29.6 Å². The van der Waals surface area contributed by atoms with Crippen LogP contribution in [-0.2, 0) is 9.57 Å². The lowest BCUT2D eigenvalue weighted by Crippen LogP contribution is -2.36. The minimum Gasteiger partial charge on any atom is -0.444 e. The Bertz CT molecular complexity index is 565. The van der Waals surface area contributed by atoms with Crippen molar-refractivity contribution in [3.63, 3.8) is 0 Å². The SMILES string of the molecule is CC(C)(C)OC(=O)N1CC2ON=C(c3ccccn3)C2C1. The summed E-state index contributed by atoms with van der Waals surface area (Å²) in [5, 5.41) is 4.13. The van der Waals surface area contributed by atoms with Crippen LogP contribution < -0.4 is 0 Å². The summed E-state index contributed by atoms with van der Waals surface area (Å²) >= 11 is 0. The van der Waals surface area contributed by atoms with Gasteiger partial charge in [0.2, 0.25) is 0 Å². The van der Waals surface area contributed by atoms with E-state index in [1.807, 2.05) is 39.0 Å². The molecule has 112 valence electrons. The molecule has 3 rings (SSSR count). The molecular weight excluding hydrogens is 270 g/mol. The van der Waals surface area contributed by atoms with Crippen LogP contribution in [0.5, 0.6) is 0 Å². The maximum Gasteiger partial charge on any atom is 0.410 e. The van der Waals surface area contributed by atoms with Gasteiger partial charge in [-0.3, -0.25) is 4.98 Å². The van der Waals surface area contributed by atoms with Gasteiger partial charge in [-0.05, 0) is 32.9 Å². The van der Waals surface area contributed by atoms with E-state index in [-0.39, 0.29) is 18.1 Å². The number of aromatic nitrogens is 1. The molecule has 6 heteroatoms. The van der Waals surface area contributed by atoms with Crippen LogP contribution in [0.2, 0.25) is 0 Å². The number of likely N-dealkylation sites (tertiary alicyclic amines) is 1. The molecular formula is C15H19N3O3. The monoisotopic (exact) mass is 289 g/mol. The number of carbonyl (C=O) groups excluding carboxylic acids is 1. The Labute approximate surface area is 123 Å². The quantitative estimate of drug-likeness (QED) is 0.793. The Morgan fingerprint density at radius 3 is 2.86 bits per heavy atom. The topological polar surface area (TPSA) is 64.0 Å². The second-order valence-corrected chi connectivity index (χ2v) is 6.33. The highest BCUT2D eigenvalue weighted by Crippen LogP contribution is 2.30. The first kappa shape index (κ1) is 13.9. The summed E-state index contributed by atoms with van der Waals surface area (Å²) in [5.74, 6) is 0.0624. The number of rotatable bonds is 1. The normalized spacial score (nSPS) is 24.3. The number of hydrogen-bond donors (Lipinski definition) is 0. The van der Waals surface area contributed by atoms with Gasteiger partial charge in [0.1, 0.15) is 11.3 Å². The molecule has 0 radical (unpaired) electrons. The summed E-state index contributed by atoms with van der Waals surface area (Å²) in [6.45, 7) is 6.63. The van der Waals surface area contributed by atoms with Gasteiger partial charge < -0.3 is 14.5 Å². The predicted octanol–water partition coefficient (Wildman–Crippen LogP) is 2.05. The molecule has 0 aromatic carbocycles. The number of hydrogen-bond acceptors (Lipinski definition) is 5. The number of nitrogens with zero attached hydrogens (tertiary/aromatic N) is 3. The smallest absolute Gasteiger partial charge is 0.410 e. The Kier molecular flexibility index (Phi) is 3.31. The average Bonchev–Trinajstić information content (AvgIpc) is 2.97. The summed E-state index contributed by atoms with van der Waals surface area (Å²) in [7, 11) is 0. The number of pyridine rings is 1. The van der Waals surface area contributed by atoms with Crippen LogP contribution in [-0.4, -0.2) is 46.5 Å². The van der Waals surface area contributed by atoms with Gasteiger partial charge in [-0.25, -0.2) is 4.79 Å². The molecule has 2 aliphatic heterocycles. The van der Waals surface area contributed by atoms with Crippen LogP contribution in [0.4, 0.5) is 4.79 Å². The van der Waals surface area contributed by atoms with Crippen LogP contribution in [0.25, 0.3) is 0 Å². The highest BCUT2D eigenvalue weighted by molar-refractivity contribution is 6.02. The van der Waals surface area contributed by atoms with Gasteiger partial charge in [0.25, 0.3) is 0 Å². The lowest BCUT2D eigenvalue weighted by molar-refractivity contribution is 0.0228. The fourth-order valence-corrected chi connectivity index (χ4v) is 2.56. The molecule has 0 bridgehead atoms. The van der Waals surface area contributed by atoms with Crippen molar-refractivity contribution in [1.82, 2.24) is 9.88 Å². The van der Waals surface area contributed by atoms with Crippen LogP contribution in [0.1, 0.15) is 26.5 Å². The Morgan fingerprint density at radius 2 is 2.19 bits per heavy atom. The molecule has 0 N–H and O–H groups in total. The zero-order valence-electron chi connectivity index (χ0n) is 12.4. The van der Waals surface area contributed by atoms with Crippen molar-refractivity contribution in [3.05, 3.63) is 30.1 Å². The number of fused-ring (bicyclic) bond motifs is 1. The van der Waals surface area contributed by atoms with E-state index in [2.05, 4.69) is 10.1 Å². The molecule has 0 saturated carbocycles. The molecule has 2 aliphatic rings. The van der Waals surface area contributed by atoms with Crippen molar-refractivity contribution in [2.75, 3.05) is 13.1 Å². The number of amides is 1. The third-order valence-electron chi connectivity index (χ3n) is 3.48. The number of carbonyl (C=O) groups is 1. The first-order valence-electron chi connectivity index (χ1n) is 7.07. The third kappa shape index (κ3) is 2.84. The molecule has 2 unspecified atom stereocenters. The summed E-state index contributed by atoms with van der Waals surface area (Å²) < 4.78 is 5.40. The number of ether oxygens (including phenoxy) is 1. The van der Waals surface area contributed by atoms with Crippen molar-refractivity contribution < 1.29 is 14.4 Å². The van der Waals surface area contributed by atoms with E-state index in [0.29, 0.717) is 13.1 Å². The molecule has 3 heterocycles. The van der Waals surface area contributed by atoms with Crippen LogP contribution >= 0.6 is 0 Å². The molecule has 1 fully saturated rings. The first-order chi connectivity index (χ1) is 9.94. The fraction of sp³-hybridized carbons (Fsp3) is 0.533. The zero-order valence-corrected chi connectivity index (χ0v) is 12.4. The van der Waals surface area contributed by atoms with Gasteiger partial charge in [0.15, 0.2) is 6.10 Å². The molecule has 0 aliphatic carbocycles. The van der Waals surface area contributed by atoms with Gasteiger partial charge >= 0.3 is 6.09 Å². The van der Waals surface area contributed by atoms with E-state index < -0.39 is 5.60 Å². The fourth-order valence-electron chi connectivity index (χ4n) is 2.56. The Balaban J connectivity index is 1.70. The molecule has 1 amide bonds. The molecule has 1 saturated heterocycles. The van der Waals surface area contributed by atoms with E-state index in [1.165, 1.54) is 0 Å². The van der Waals surface area contributed by atoms with Crippen LogP contribution in [0, 0.1) is 5.92 Å². The van der Waals surface area contributed by atoms with Crippen molar-refractivity contribution in [3.8, 4) is 0 Å². The maximum atomic E-state index is 12.1. The van der Waals surface area contributed by atoms with Gasteiger partial charge in [-0.2, -0.15) is 0 Å². The minimum atomic E-state index is -0.493. The van der Waals surface area contributed by atoms with Crippen molar-refractivity contribution in [1.29, 1.82) is 0 Å². The minimum absolute atomic E-state index is 0.0624. The van der Waals surface area contributed by atoms with E-state index in [9.17, 15) is 4.79 Å². The molecule has 1 aromatic heterocycles. The second kappa shape index (κ2) is 5.02. The Morgan fingerprint density at radius 1 is 1.38 bits per heavy atom. The second-order valence-electron chi connectivity index (χ2n) is 6.33. The highest BCUT2D eigenvalue weighted by atomic mass is 16.6. The van der Waals surface area contributed by atoms with Gasteiger partial charge in [-0.1, -0.05) is 11.2 Å². The molecule has 21 heavy (non-hydrogen) atoms. The largest absolute Gasteiger partial charge is 0.444 e. The zero-order chi connectivity index (χ0) is 15.0. The van der Waals surface area contributed by atoms with Crippen molar-refractivity contribution in [2.24, 2.45) is 11.1 Å². The summed E-state index contributed by atoms with van der Waals surface area (Å²) in [4.78, 5) is 23.6. The van der Waals surface area contributed by atoms with E-state index in [1.54, 1.807) is 11.1 Å². The summed E-state index contributed by atoms with van der Waals surface area (Å²) in [5.41, 5.74) is 1.12. The predicted molar refractivity (Wildman–Crippen MR) is 76.9 cm³/mol. The highest BCUT2D eigenvalue weighted by Gasteiger charge is 2.45. The van der Waals surface area contributed by atoms with E-state index >= 15 is 0 Å². The van der Waals surface area contributed by atoms with Crippen LogP contribution in [0.3, 0.4) is 0 Å². The molecule has 2 atom stereocenters. The maximum absolute atomic E-state index is 12.1. The third-order valence-corrected chi connectivity index (χ3v) is 3.48. The standard InChI is InChI=1S/C15H19N3O3/c1-15(2,3)20-14(19)18-8-10-12(9-18)21-17-13(10)11-6-4-5-7-16-11/h4-7,10,12H,8-9H2,1-3H3. The lowest BCUT2D eigenvalue weighted by atomic mass is 9.98. The summed E-state index contributed by atoms with van der Waals surface area (Å²) in [6, 6.07) is 5.68. The molecule has 0 spiro atoms. The van der Waals surface area contributed by atoms with Gasteiger partial charge in [0.05, 0.1) is 18.2 Å².